The Labute approximate surface area is 184 Å². The minimum absolute atomic E-state index is 0.00164. The number of halogens is 3. The molecule has 0 unspecified atom stereocenters. The van der Waals surface area contributed by atoms with Gasteiger partial charge in [-0.3, -0.25) is 9.52 Å². The SMILES string of the molecule is CC(=O)N1CCCN(c2ccc(F)cc2NS(=O)(=O)c2cc(Cl)cc(Cl)c2O)CC1. The van der Waals surface area contributed by atoms with E-state index in [-0.39, 0.29) is 21.6 Å². The van der Waals surface area contributed by atoms with Crippen molar-refractivity contribution in [1.29, 1.82) is 0 Å². The number of phenolic OH excluding ortho intramolecular Hbond substituents is 1. The number of carbonyl (C=O) groups excluding carboxylic acids is 1. The summed E-state index contributed by atoms with van der Waals surface area (Å²) in [5, 5.41) is 9.89. The molecule has 0 radical (unpaired) electrons. The number of nitrogens with zero attached hydrogens (tertiary/aromatic N) is 2. The number of carbonyl (C=O) groups is 1. The van der Waals surface area contributed by atoms with Gasteiger partial charge < -0.3 is 14.9 Å². The van der Waals surface area contributed by atoms with E-state index in [1.807, 2.05) is 4.90 Å². The molecule has 1 aliphatic heterocycles. The van der Waals surface area contributed by atoms with E-state index in [1.165, 1.54) is 25.1 Å². The van der Waals surface area contributed by atoms with Crippen molar-refractivity contribution in [2.24, 2.45) is 0 Å². The van der Waals surface area contributed by atoms with Crippen molar-refractivity contribution >= 4 is 50.5 Å². The molecule has 1 heterocycles. The third-order valence-electron chi connectivity index (χ3n) is 4.77. The first kappa shape index (κ1) is 22.5. The number of hydrogen-bond donors (Lipinski definition) is 2. The summed E-state index contributed by atoms with van der Waals surface area (Å²) in [5.41, 5.74) is 0.458. The monoisotopic (exact) mass is 475 g/mol. The summed E-state index contributed by atoms with van der Waals surface area (Å²) in [6.45, 7) is 3.55. The van der Waals surface area contributed by atoms with Crippen molar-refractivity contribution in [2.45, 2.75) is 18.2 Å². The molecule has 2 N–H and O–H groups in total. The molecule has 1 amide bonds. The smallest absolute Gasteiger partial charge is 0.265 e. The van der Waals surface area contributed by atoms with Crippen molar-refractivity contribution in [2.75, 3.05) is 35.8 Å². The molecule has 2 aromatic carbocycles. The maximum atomic E-state index is 13.9. The van der Waals surface area contributed by atoms with E-state index in [4.69, 9.17) is 23.2 Å². The van der Waals surface area contributed by atoms with Gasteiger partial charge in [0.2, 0.25) is 5.91 Å². The molecule has 2 aromatic rings. The molecule has 0 saturated carbocycles. The first-order chi connectivity index (χ1) is 14.1. The molecule has 0 atom stereocenters. The second-order valence-corrected chi connectivity index (χ2v) is 9.34. The lowest BCUT2D eigenvalue weighted by molar-refractivity contribution is -0.128. The van der Waals surface area contributed by atoms with Gasteiger partial charge in [0.15, 0.2) is 5.75 Å². The summed E-state index contributed by atoms with van der Waals surface area (Å²) in [6, 6.07) is 6.03. The predicted octanol–water partition coefficient (Wildman–Crippen LogP) is 3.70. The summed E-state index contributed by atoms with van der Waals surface area (Å²) >= 11 is 11.7. The molecule has 1 aliphatic rings. The number of benzene rings is 2. The Bertz CT molecular complexity index is 1080. The van der Waals surface area contributed by atoms with E-state index in [1.54, 1.807) is 4.90 Å². The highest BCUT2D eigenvalue weighted by Crippen LogP contribution is 2.36. The van der Waals surface area contributed by atoms with Gasteiger partial charge in [0.05, 0.1) is 16.4 Å². The molecule has 1 fully saturated rings. The lowest BCUT2D eigenvalue weighted by Crippen LogP contribution is -2.34. The number of anilines is 2. The van der Waals surface area contributed by atoms with Crippen LogP contribution in [0.25, 0.3) is 0 Å². The fraction of sp³-hybridized carbons (Fsp3) is 0.316. The first-order valence-electron chi connectivity index (χ1n) is 9.09. The standard InChI is InChI=1S/C19H20Cl2FN3O4S/c1-12(26)24-5-2-6-25(8-7-24)17-4-3-14(22)11-16(17)23-30(28,29)18-10-13(20)9-15(21)19(18)27/h3-4,9-11,23,27H,2,5-8H2,1H3. The van der Waals surface area contributed by atoms with E-state index in [9.17, 15) is 22.7 Å². The zero-order chi connectivity index (χ0) is 22.1. The van der Waals surface area contributed by atoms with Gasteiger partial charge in [-0.15, -0.1) is 0 Å². The zero-order valence-electron chi connectivity index (χ0n) is 16.0. The molecule has 0 aromatic heterocycles. The van der Waals surface area contributed by atoms with Crippen LogP contribution in [-0.4, -0.2) is 50.5 Å². The van der Waals surface area contributed by atoms with Crippen LogP contribution in [0.4, 0.5) is 15.8 Å². The largest absolute Gasteiger partial charge is 0.505 e. The van der Waals surface area contributed by atoms with Crippen molar-refractivity contribution in [3.63, 3.8) is 0 Å². The highest BCUT2D eigenvalue weighted by atomic mass is 35.5. The highest BCUT2D eigenvalue weighted by Gasteiger charge is 2.25. The minimum Gasteiger partial charge on any atom is -0.505 e. The maximum Gasteiger partial charge on any atom is 0.265 e. The molecule has 0 bridgehead atoms. The Morgan fingerprint density at radius 2 is 1.87 bits per heavy atom. The van der Waals surface area contributed by atoms with Gasteiger partial charge in [-0.05, 0) is 30.7 Å². The van der Waals surface area contributed by atoms with Gasteiger partial charge in [0, 0.05) is 44.2 Å². The molecule has 7 nitrogen and oxygen atoms in total. The van der Waals surface area contributed by atoms with Gasteiger partial charge in [-0.1, -0.05) is 23.2 Å². The Balaban J connectivity index is 1.96. The summed E-state index contributed by atoms with van der Waals surface area (Å²) in [6.07, 6.45) is 0.674. The van der Waals surface area contributed by atoms with E-state index in [2.05, 4.69) is 4.72 Å². The summed E-state index contributed by atoms with van der Waals surface area (Å²) in [4.78, 5) is 14.7. The van der Waals surface area contributed by atoms with Crippen LogP contribution < -0.4 is 9.62 Å². The van der Waals surface area contributed by atoms with E-state index in [0.29, 0.717) is 38.3 Å². The second-order valence-electron chi connectivity index (χ2n) is 6.85. The molecule has 1 saturated heterocycles. The van der Waals surface area contributed by atoms with Crippen molar-refractivity contribution in [3.8, 4) is 5.75 Å². The number of nitrogens with one attached hydrogen (secondary N) is 1. The summed E-state index contributed by atoms with van der Waals surface area (Å²) in [5.74, 6) is -1.33. The first-order valence-corrected chi connectivity index (χ1v) is 11.3. The van der Waals surface area contributed by atoms with Crippen LogP contribution >= 0.6 is 23.2 Å². The van der Waals surface area contributed by atoms with Crippen LogP contribution in [0.2, 0.25) is 10.0 Å². The molecular formula is C19H20Cl2FN3O4S. The molecule has 3 rings (SSSR count). The van der Waals surface area contributed by atoms with Crippen LogP contribution in [0, 0.1) is 5.82 Å². The topological polar surface area (TPSA) is 90.0 Å². The quantitative estimate of drug-likeness (QED) is 0.703. The summed E-state index contributed by atoms with van der Waals surface area (Å²) in [7, 11) is -4.33. The van der Waals surface area contributed by atoms with E-state index in [0.717, 1.165) is 12.1 Å². The number of amides is 1. The molecule has 0 aliphatic carbocycles. The lowest BCUT2D eigenvalue weighted by Gasteiger charge is -2.26. The van der Waals surface area contributed by atoms with Gasteiger partial charge in [-0.25, -0.2) is 12.8 Å². The number of aromatic hydroxyl groups is 1. The van der Waals surface area contributed by atoms with Crippen LogP contribution in [0.5, 0.6) is 5.75 Å². The van der Waals surface area contributed by atoms with Crippen LogP contribution in [0.3, 0.4) is 0 Å². The molecule has 11 heteroatoms. The number of rotatable bonds is 4. The third kappa shape index (κ3) is 4.91. The second kappa shape index (κ2) is 8.87. The average Bonchev–Trinajstić information content (AvgIpc) is 2.90. The predicted molar refractivity (Wildman–Crippen MR) is 114 cm³/mol. The van der Waals surface area contributed by atoms with Gasteiger partial charge in [0.1, 0.15) is 10.7 Å². The van der Waals surface area contributed by atoms with Crippen LogP contribution in [0.15, 0.2) is 35.2 Å². The van der Waals surface area contributed by atoms with Gasteiger partial charge in [-0.2, -0.15) is 0 Å². The fourth-order valence-electron chi connectivity index (χ4n) is 3.29. The number of sulfonamides is 1. The fourth-order valence-corrected chi connectivity index (χ4v) is 5.11. The van der Waals surface area contributed by atoms with Crippen molar-refractivity contribution in [3.05, 3.63) is 46.2 Å². The molecule has 0 spiro atoms. The minimum atomic E-state index is -4.33. The highest BCUT2D eigenvalue weighted by molar-refractivity contribution is 7.92. The summed E-state index contributed by atoms with van der Waals surface area (Å²) < 4.78 is 42.1. The Morgan fingerprint density at radius 3 is 2.57 bits per heavy atom. The van der Waals surface area contributed by atoms with E-state index < -0.39 is 26.5 Å². The molecule has 30 heavy (non-hydrogen) atoms. The van der Waals surface area contributed by atoms with Crippen molar-refractivity contribution in [1.82, 2.24) is 4.90 Å². The Hall–Kier alpha value is -2.23. The lowest BCUT2D eigenvalue weighted by atomic mass is 10.2. The van der Waals surface area contributed by atoms with E-state index >= 15 is 0 Å². The maximum absolute atomic E-state index is 13.9. The Morgan fingerprint density at radius 1 is 1.13 bits per heavy atom. The molecule has 162 valence electrons. The third-order valence-corrected chi connectivity index (χ3v) is 6.65. The molecular weight excluding hydrogens is 456 g/mol. The average molecular weight is 476 g/mol. The van der Waals surface area contributed by atoms with Crippen LogP contribution in [0.1, 0.15) is 13.3 Å². The van der Waals surface area contributed by atoms with Crippen LogP contribution in [-0.2, 0) is 14.8 Å². The van der Waals surface area contributed by atoms with Gasteiger partial charge in [0.25, 0.3) is 10.0 Å². The normalized spacial score (nSPS) is 15.1. The van der Waals surface area contributed by atoms with Crippen molar-refractivity contribution < 1.29 is 22.7 Å². The van der Waals surface area contributed by atoms with Gasteiger partial charge >= 0.3 is 0 Å². The Kier molecular flexibility index (Phi) is 6.64. The zero-order valence-corrected chi connectivity index (χ0v) is 18.4. The number of phenols is 1. The number of hydrogen-bond acceptors (Lipinski definition) is 5.